The molecule has 0 unspecified atom stereocenters. The number of hydrogen-bond donors (Lipinski definition) is 1. The zero-order chi connectivity index (χ0) is 16.1. The largest absolute Gasteiger partial charge is 0.404 e. The molecule has 5 nitrogen and oxygen atoms in total. The predicted molar refractivity (Wildman–Crippen MR) is 93.6 cm³/mol. The summed E-state index contributed by atoms with van der Waals surface area (Å²) in [5, 5.41) is 0.447. The second kappa shape index (κ2) is 7.53. The minimum absolute atomic E-state index is 0.447. The van der Waals surface area contributed by atoms with E-state index in [4.69, 9.17) is 22.1 Å². The number of allylic oxidation sites excluding steroid dienone is 1. The van der Waals surface area contributed by atoms with Crippen molar-refractivity contribution in [2.75, 3.05) is 19.8 Å². The van der Waals surface area contributed by atoms with Gasteiger partial charge in [-0.05, 0) is 37.0 Å². The molecular formula is C17H19ClN4O. The fraction of sp³-hybridized carbons (Fsp3) is 0.353. The lowest BCUT2D eigenvalue weighted by atomic mass is 10.0. The Morgan fingerprint density at radius 1 is 1.35 bits per heavy atom. The van der Waals surface area contributed by atoms with E-state index < -0.39 is 0 Å². The van der Waals surface area contributed by atoms with Crippen LogP contribution in [0.1, 0.15) is 18.4 Å². The Morgan fingerprint density at radius 3 is 2.96 bits per heavy atom. The van der Waals surface area contributed by atoms with Crippen LogP contribution in [0.25, 0.3) is 16.6 Å². The van der Waals surface area contributed by atoms with E-state index in [0.29, 0.717) is 11.1 Å². The molecule has 0 bridgehead atoms. The van der Waals surface area contributed by atoms with Crippen LogP contribution in [0.2, 0.25) is 5.15 Å². The Morgan fingerprint density at radius 2 is 2.17 bits per heavy atom. The van der Waals surface area contributed by atoms with Crippen molar-refractivity contribution < 1.29 is 4.74 Å². The van der Waals surface area contributed by atoms with E-state index in [1.54, 1.807) is 18.5 Å². The van der Waals surface area contributed by atoms with Gasteiger partial charge < -0.3 is 10.5 Å². The Balaban J connectivity index is 1.75. The van der Waals surface area contributed by atoms with Crippen LogP contribution in [-0.4, -0.2) is 35.9 Å². The van der Waals surface area contributed by atoms with Gasteiger partial charge in [0.15, 0.2) is 0 Å². The van der Waals surface area contributed by atoms with E-state index in [9.17, 15) is 0 Å². The number of pyridine rings is 2. The minimum atomic E-state index is 0.447. The number of hydrogen-bond acceptors (Lipinski definition) is 5. The molecule has 1 aliphatic heterocycles. The highest BCUT2D eigenvalue weighted by atomic mass is 35.5. The highest BCUT2D eigenvalue weighted by Gasteiger charge is 2.12. The van der Waals surface area contributed by atoms with Crippen LogP contribution in [0.4, 0.5) is 0 Å². The first-order chi connectivity index (χ1) is 11.3. The Bertz CT molecular complexity index is 738. The maximum atomic E-state index is 5.94. The van der Waals surface area contributed by atoms with Gasteiger partial charge in [-0.1, -0.05) is 11.6 Å². The van der Waals surface area contributed by atoms with Crippen molar-refractivity contribution in [2.24, 2.45) is 16.6 Å². The molecule has 3 heterocycles. The molecule has 1 saturated heterocycles. The van der Waals surface area contributed by atoms with Crippen LogP contribution < -0.4 is 5.73 Å². The van der Waals surface area contributed by atoms with E-state index in [1.807, 2.05) is 18.3 Å². The summed E-state index contributed by atoms with van der Waals surface area (Å²) in [6, 6.07) is 5.50. The minimum Gasteiger partial charge on any atom is -0.404 e. The molecule has 0 aliphatic carbocycles. The molecule has 0 saturated carbocycles. The van der Waals surface area contributed by atoms with Gasteiger partial charge in [-0.3, -0.25) is 9.98 Å². The maximum absolute atomic E-state index is 5.94. The number of nitrogens with two attached hydrogens (primary N) is 1. The van der Waals surface area contributed by atoms with E-state index >= 15 is 0 Å². The molecule has 0 spiro atoms. The van der Waals surface area contributed by atoms with Gasteiger partial charge in [0.2, 0.25) is 0 Å². The molecule has 2 N–H and O–H groups in total. The van der Waals surface area contributed by atoms with E-state index in [-0.39, 0.29) is 0 Å². The number of aliphatic imine (C=N–C) groups is 1. The first-order valence-electron chi connectivity index (χ1n) is 7.68. The normalized spacial score (nSPS) is 17.2. The molecule has 1 fully saturated rings. The molecule has 1 aliphatic rings. The van der Waals surface area contributed by atoms with Crippen LogP contribution in [0.5, 0.6) is 0 Å². The number of fused-ring (bicyclic) bond motifs is 1. The third-order valence-corrected chi connectivity index (χ3v) is 4.16. The van der Waals surface area contributed by atoms with Gasteiger partial charge in [0.1, 0.15) is 5.15 Å². The topological polar surface area (TPSA) is 73.4 Å². The van der Waals surface area contributed by atoms with Crippen molar-refractivity contribution in [1.82, 2.24) is 9.97 Å². The molecule has 6 heteroatoms. The number of halogens is 1. The van der Waals surface area contributed by atoms with Gasteiger partial charge in [0, 0.05) is 49.5 Å². The van der Waals surface area contributed by atoms with Crippen LogP contribution in [0.15, 0.2) is 35.6 Å². The quantitative estimate of drug-likeness (QED) is 0.690. The van der Waals surface area contributed by atoms with Crippen molar-refractivity contribution in [3.8, 4) is 0 Å². The fourth-order valence-corrected chi connectivity index (χ4v) is 2.74. The average Bonchev–Trinajstić information content (AvgIpc) is 2.59. The summed E-state index contributed by atoms with van der Waals surface area (Å²) in [6.45, 7) is 2.47. The number of aromatic nitrogens is 2. The van der Waals surface area contributed by atoms with E-state index in [2.05, 4.69) is 15.0 Å². The lowest BCUT2D eigenvalue weighted by Crippen LogP contribution is -2.17. The van der Waals surface area contributed by atoms with Gasteiger partial charge in [-0.25, -0.2) is 4.98 Å². The van der Waals surface area contributed by atoms with Crippen molar-refractivity contribution in [2.45, 2.75) is 12.8 Å². The molecule has 120 valence electrons. The smallest absolute Gasteiger partial charge is 0.129 e. The summed E-state index contributed by atoms with van der Waals surface area (Å²) < 4.78 is 5.36. The van der Waals surface area contributed by atoms with Crippen molar-refractivity contribution >= 4 is 34.4 Å². The molecule has 23 heavy (non-hydrogen) atoms. The lowest BCUT2D eigenvalue weighted by molar-refractivity contribution is 0.0690. The highest BCUT2D eigenvalue weighted by Crippen LogP contribution is 2.19. The van der Waals surface area contributed by atoms with Crippen LogP contribution in [0.3, 0.4) is 0 Å². The van der Waals surface area contributed by atoms with E-state index in [1.165, 1.54) is 0 Å². The van der Waals surface area contributed by atoms with Crippen molar-refractivity contribution in [3.63, 3.8) is 0 Å². The molecule has 2 aromatic heterocycles. The number of ether oxygens (including phenoxy) is 1. The van der Waals surface area contributed by atoms with Crippen molar-refractivity contribution in [1.29, 1.82) is 0 Å². The summed E-state index contributed by atoms with van der Waals surface area (Å²) in [7, 11) is 0. The molecular weight excluding hydrogens is 312 g/mol. The van der Waals surface area contributed by atoms with Gasteiger partial charge in [-0.2, -0.15) is 0 Å². The Hall–Kier alpha value is -1.98. The zero-order valence-electron chi connectivity index (χ0n) is 12.8. The number of nitrogens with zero attached hydrogens (tertiary/aromatic N) is 3. The zero-order valence-corrected chi connectivity index (χ0v) is 13.5. The molecule has 0 aromatic carbocycles. The third-order valence-electron chi connectivity index (χ3n) is 3.95. The lowest BCUT2D eigenvalue weighted by Gasteiger charge is -2.19. The van der Waals surface area contributed by atoms with Gasteiger partial charge >= 0.3 is 0 Å². The maximum Gasteiger partial charge on any atom is 0.129 e. The summed E-state index contributed by atoms with van der Waals surface area (Å²) in [5.74, 6) is 0.592. The summed E-state index contributed by atoms with van der Waals surface area (Å²) >= 11 is 5.94. The Kier molecular flexibility index (Phi) is 5.20. The second-order valence-electron chi connectivity index (χ2n) is 5.57. The van der Waals surface area contributed by atoms with Crippen LogP contribution >= 0.6 is 11.6 Å². The second-order valence-corrected chi connectivity index (χ2v) is 5.96. The monoisotopic (exact) mass is 330 g/mol. The standard InChI is InChI=1S/C17H19ClN4O/c18-17-2-1-15-16(22-17)7-13(11-21-15)14(8-19)10-20-9-12-3-5-23-6-4-12/h1-2,7-8,10-12H,3-6,9,19H2. The van der Waals surface area contributed by atoms with Crippen molar-refractivity contribution in [3.05, 3.63) is 41.3 Å². The molecule has 0 atom stereocenters. The SMILES string of the molecule is NC=C(C=NCC1CCOCC1)c1cnc2ccc(Cl)nc2c1. The summed E-state index contributed by atoms with van der Waals surface area (Å²) in [5.41, 5.74) is 9.00. The van der Waals surface area contributed by atoms with Crippen LogP contribution in [0, 0.1) is 5.92 Å². The summed E-state index contributed by atoms with van der Waals surface area (Å²) in [6.07, 6.45) is 7.26. The Labute approximate surface area is 140 Å². The molecule has 0 radical (unpaired) electrons. The predicted octanol–water partition coefficient (Wildman–Crippen LogP) is 3.08. The molecule has 2 aromatic rings. The third kappa shape index (κ3) is 4.06. The molecule has 3 rings (SSSR count). The van der Waals surface area contributed by atoms with Gasteiger partial charge in [-0.15, -0.1) is 0 Å². The van der Waals surface area contributed by atoms with Gasteiger partial charge in [0.25, 0.3) is 0 Å². The number of rotatable bonds is 4. The van der Waals surface area contributed by atoms with E-state index in [0.717, 1.165) is 54.8 Å². The highest BCUT2D eigenvalue weighted by molar-refractivity contribution is 6.29. The average molecular weight is 331 g/mol. The fourth-order valence-electron chi connectivity index (χ4n) is 2.58. The summed E-state index contributed by atoms with van der Waals surface area (Å²) in [4.78, 5) is 13.2. The van der Waals surface area contributed by atoms with Gasteiger partial charge in [0.05, 0.1) is 11.0 Å². The first kappa shape index (κ1) is 15.9. The van der Waals surface area contributed by atoms with Crippen LogP contribution in [-0.2, 0) is 4.74 Å². The molecule has 0 amide bonds. The first-order valence-corrected chi connectivity index (χ1v) is 8.06.